The number of alkyl halides is 1. The van der Waals surface area contributed by atoms with Crippen molar-refractivity contribution in [3.8, 4) is 5.75 Å². The largest absolute Gasteiger partial charge is 0.489 e. The highest BCUT2D eigenvalue weighted by atomic mass is 79.9. The van der Waals surface area contributed by atoms with Crippen LogP contribution in [-0.4, -0.2) is 45.6 Å². The third-order valence-corrected chi connectivity index (χ3v) is 5.78. The van der Waals surface area contributed by atoms with Crippen molar-refractivity contribution in [3.05, 3.63) is 66.1 Å². The predicted molar refractivity (Wildman–Crippen MR) is 107 cm³/mol. The highest BCUT2D eigenvalue weighted by molar-refractivity contribution is 9.09. The molecule has 4 rings (SSSR count). The smallest absolute Gasteiger partial charge is 0.295 e. The topological polar surface area (TPSA) is 62.4 Å². The number of benzene rings is 2. The van der Waals surface area contributed by atoms with Gasteiger partial charge in [0.15, 0.2) is 0 Å². The van der Waals surface area contributed by atoms with Crippen LogP contribution in [-0.2, 0) is 4.79 Å². The van der Waals surface area contributed by atoms with Crippen molar-refractivity contribution in [2.24, 2.45) is 0 Å². The first-order valence-electron chi connectivity index (χ1n) is 8.99. The Hall–Kier alpha value is -2.67. The summed E-state index contributed by atoms with van der Waals surface area (Å²) in [5.74, 6) is -0.783. The van der Waals surface area contributed by atoms with Crippen molar-refractivity contribution < 1.29 is 18.7 Å². The van der Waals surface area contributed by atoms with Crippen LogP contribution in [0.3, 0.4) is 0 Å². The van der Waals surface area contributed by atoms with Gasteiger partial charge < -0.3 is 14.6 Å². The van der Waals surface area contributed by atoms with E-state index in [1.54, 1.807) is 23.2 Å². The van der Waals surface area contributed by atoms with Crippen molar-refractivity contribution in [2.75, 3.05) is 13.1 Å². The minimum atomic E-state index is -0.519. The second kappa shape index (κ2) is 7.75. The van der Waals surface area contributed by atoms with E-state index in [0.29, 0.717) is 30.8 Å². The SMILES string of the molecule is O=C(C(=O)N1CCC(Oc2ccc(F)cc2)C(Br)C1)c1c[nH]c2ccccc12. The number of rotatable bonds is 4. The number of carbonyl (C=O) groups excluding carboxylic acids is 2. The Labute approximate surface area is 169 Å². The number of carbonyl (C=O) groups is 2. The molecular weight excluding hydrogens is 427 g/mol. The van der Waals surface area contributed by atoms with E-state index in [2.05, 4.69) is 20.9 Å². The summed E-state index contributed by atoms with van der Waals surface area (Å²) in [7, 11) is 0. The summed E-state index contributed by atoms with van der Waals surface area (Å²) >= 11 is 3.56. The van der Waals surface area contributed by atoms with Gasteiger partial charge in [-0.3, -0.25) is 9.59 Å². The van der Waals surface area contributed by atoms with Crippen molar-refractivity contribution in [2.45, 2.75) is 17.4 Å². The summed E-state index contributed by atoms with van der Waals surface area (Å²) in [4.78, 5) is 29.9. The number of piperidine rings is 1. The van der Waals surface area contributed by atoms with Crippen LogP contribution in [0, 0.1) is 5.82 Å². The fourth-order valence-electron chi connectivity index (χ4n) is 3.41. The molecule has 5 nitrogen and oxygen atoms in total. The molecule has 1 aliphatic heterocycles. The number of H-pyrrole nitrogens is 1. The average Bonchev–Trinajstić information content (AvgIpc) is 3.14. The Morgan fingerprint density at radius 3 is 2.64 bits per heavy atom. The third-order valence-electron chi connectivity index (χ3n) is 4.90. The van der Waals surface area contributed by atoms with Gasteiger partial charge in [-0.05, 0) is 30.3 Å². The molecule has 1 aliphatic rings. The number of halogens is 2. The van der Waals surface area contributed by atoms with Crippen LogP contribution in [0.4, 0.5) is 4.39 Å². The molecule has 2 unspecified atom stereocenters. The number of Topliss-reactive ketones (excluding diaryl/α,β-unsaturated/α-hetero) is 1. The Morgan fingerprint density at radius 1 is 1.14 bits per heavy atom. The van der Waals surface area contributed by atoms with Gasteiger partial charge in [0.25, 0.3) is 11.7 Å². The number of nitrogens with zero attached hydrogens (tertiary/aromatic N) is 1. The molecule has 2 heterocycles. The standard InChI is InChI=1S/C21H18BrFN2O3/c22-17-12-25(10-9-19(17)28-14-7-5-13(23)6-8-14)21(27)20(26)16-11-24-18-4-2-1-3-15(16)18/h1-8,11,17,19,24H,9-10,12H2. The van der Waals surface area contributed by atoms with Gasteiger partial charge in [-0.2, -0.15) is 0 Å². The summed E-state index contributed by atoms with van der Waals surface area (Å²) in [6.07, 6.45) is 1.99. The molecule has 1 N–H and O–H groups in total. The maximum absolute atomic E-state index is 13.0. The number of fused-ring (bicyclic) bond motifs is 1. The molecule has 1 fully saturated rings. The van der Waals surface area contributed by atoms with Gasteiger partial charge in [-0.25, -0.2) is 4.39 Å². The molecule has 2 atom stereocenters. The molecule has 7 heteroatoms. The maximum atomic E-state index is 13.0. The monoisotopic (exact) mass is 444 g/mol. The van der Waals surface area contributed by atoms with Gasteiger partial charge in [0.1, 0.15) is 17.7 Å². The van der Waals surface area contributed by atoms with Crippen LogP contribution >= 0.6 is 15.9 Å². The van der Waals surface area contributed by atoms with E-state index in [1.165, 1.54) is 12.1 Å². The summed E-state index contributed by atoms with van der Waals surface area (Å²) in [5, 5.41) is 0.741. The number of ketones is 1. The van der Waals surface area contributed by atoms with Crippen LogP contribution in [0.2, 0.25) is 0 Å². The van der Waals surface area contributed by atoms with Gasteiger partial charge in [0.05, 0.1) is 10.4 Å². The number of hydrogen-bond acceptors (Lipinski definition) is 3. The lowest BCUT2D eigenvalue weighted by atomic mass is 10.0. The van der Waals surface area contributed by atoms with E-state index in [9.17, 15) is 14.0 Å². The summed E-state index contributed by atoms with van der Waals surface area (Å²) < 4.78 is 18.9. The minimum absolute atomic E-state index is 0.133. The molecule has 1 amide bonds. The Bertz CT molecular complexity index is 1020. The van der Waals surface area contributed by atoms with Crippen molar-refractivity contribution in [1.82, 2.24) is 9.88 Å². The zero-order valence-corrected chi connectivity index (χ0v) is 16.5. The summed E-state index contributed by atoms with van der Waals surface area (Å²) in [5.41, 5.74) is 1.21. The molecule has 144 valence electrons. The number of ether oxygens (including phenoxy) is 1. The lowest BCUT2D eigenvalue weighted by Gasteiger charge is -2.35. The van der Waals surface area contributed by atoms with Crippen molar-refractivity contribution in [3.63, 3.8) is 0 Å². The van der Waals surface area contributed by atoms with Crippen molar-refractivity contribution >= 4 is 38.5 Å². The first-order valence-corrected chi connectivity index (χ1v) is 9.90. The molecule has 0 aliphatic carbocycles. The molecule has 1 saturated heterocycles. The zero-order valence-electron chi connectivity index (χ0n) is 14.9. The Balaban J connectivity index is 1.42. The van der Waals surface area contributed by atoms with Gasteiger partial charge in [0, 0.05) is 36.6 Å². The third kappa shape index (κ3) is 3.67. The van der Waals surface area contributed by atoms with Gasteiger partial charge >= 0.3 is 0 Å². The number of likely N-dealkylation sites (tertiary alicyclic amines) is 1. The van der Waals surface area contributed by atoms with E-state index in [-0.39, 0.29) is 16.7 Å². The van der Waals surface area contributed by atoms with E-state index >= 15 is 0 Å². The fraction of sp³-hybridized carbons (Fsp3) is 0.238. The second-order valence-electron chi connectivity index (χ2n) is 6.74. The first-order chi connectivity index (χ1) is 13.5. The highest BCUT2D eigenvalue weighted by Crippen LogP contribution is 2.25. The average molecular weight is 445 g/mol. The van der Waals surface area contributed by atoms with Crippen LogP contribution in [0.15, 0.2) is 54.7 Å². The van der Waals surface area contributed by atoms with Gasteiger partial charge in [0.2, 0.25) is 0 Å². The number of para-hydroxylation sites is 1. The van der Waals surface area contributed by atoms with E-state index in [4.69, 9.17) is 4.74 Å². The van der Waals surface area contributed by atoms with Crippen molar-refractivity contribution in [1.29, 1.82) is 0 Å². The number of hydrogen-bond donors (Lipinski definition) is 1. The molecule has 1 aromatic heterocycles. The van der Waals surface area contributed by atoms with Gasteiger partial charge in [-0.15, -0.1) is 0 Å². The van der Waals surface area contributed by atoms with E-state index < -0.39 is 11.7 Å². The quantitative estimate of drug-likeness (QED) is 0.376. The van der Waals surface area contributed by atoms with E-state index in [0.717, 1.165) is 10.9 Å². The lowest BCUT2D eigenvalue weighted by molar-refractivity contribution is -0.127. The number of nitrogens with one attached hydrogen (secondary N) is 1. The maximum Gasteiger partial charge on any atom is 0.295 e. The van der Waals surface area contributed by atoms with Crippen LogP contribution in [0.25, 0.3) is 10.9 Å². The molecule has 28 heavy (non-hydrogen) atoms. The molecule has 0 saturated carbocycles. The van der Waals surface area contributed by atoms with Crippen LogP contribution in [0.1, 0.15) is 16.8 Å². The number of aromatic nitrogens is 1. The summed E-state index contributed by atoms with van der Waals surface area (Å²) in [6, 6.07) is 13.2. The summed E-state index contributed by atoms with van der Waals surface area (Å²) in [6.45, 7) is 0.777. The predicted octanol–water partition coefficient (Wildman–Crippen LogP) is 3.93. The molecular formula is C21H18BrFN2O3. The van der Waals surface area contributed by atoms with Crippen LogP contribution < -0.4 is 4.74 Å². The molecule has 0 spiro atoms. The lowest BCUT2D eigenvalue weighted by Crippen LogP contribution is -2.50. The second-order valence-corrected chi connectivity index (χ2v) is 7.92. The molecule has 0 bridgehead atoms. The van der Waals surface area contributed by atoms with E-state index in [1.807, 2.05) is 24.3 Å². The first kappa shape index (κ1) is 18.7. The van der Waals surface area contributed by atoms with Crippen LogP contribution in [0.5, 0.6) is 5.75 Å². The normalized spacial score (nSPS) is 19.6. The molecule has 2 aromatic carbocycles. The fourth-order valence-corrected chi connectivity index (χ4v) is 4.13. The number of amides is 1. The highest BCUT2D eigenvalue weighted by Gasteiger charge is 2.34. The molecule has 3 aromatic rings. The number of aromatic amines is 1. The minimum Gasteiger partial charge on any atom is -0.489 e. The Morgan fingerprint density at radius 2 is 1.89 bits per heavy atom. The Kier molecular flexibility index (Phi) is 5.17. The molecule has 0 radical (unpaired) electrons. The van der Waals surface area contributed by atoms with Gasteiger partial charge in [-0.1, -0.05) is 34.1 Å². The zero-order chi connectivity index (χ0) is 19.7.